The standard InChI is InChI=1S/C10H11NO3S.ClH/c12-9(13)5-4-7(10(14)15)8-3-1-2-6-11-8;/h1-3,6-7H,4-5H2,(H,12,13)(H,14,15);1H. The summed E-state index contributed by atoms with van der Waals surface area (Å²) in [7, 11) is 0. The largest absolute Gasteiger partial charge is 0.481 e. The van der Waals surface area contributed by atoms with Gasteiger partial charge in [-0.2, -0.15) is 0 Å². The Morgan fingerprint density at radius 3 is 2.56 bits per heavy atom. The van der Waals surface area contributed by atoms with Gasteiger partial charge in [-0.05, 0) is 18.6 Å². The van der Waals surface area contributed by atoms with Crippen LogP contribution in [0.1, 0.15) is 24.5 Å². The number of aromatic nitrogens is 1. The summed E-state index contributed by atoms with van der Waals surface area (Å²) in [5, 5.41) is 8.18. The Balaban J connectivity index is 0.00000225. The molecule has 88 valence electrons. The number of carbonyl (C=O) groups excluding carboxylic acids is 1. The van der Waals surface area contributed by atoms with E-state index in [0.717, 1.165) is 0 Å². The highest BCUT2D eigenvalue weighted by molar-refractivity contribution is 7.96. The second kappa shape index (κ2) is 7.24. The predicted octanol–water partition coefficient (Wildman–Crippen LogP) is 1.91. The van der Waals surface area contributed by atoms with Crippen molar-refractivity contribution < 1.29 is 14.7 Å². The van der Waals surface area contributed by atoms with Gasteiger partial charge in [0.15, 0.2) is 5.12 Å². The highest BCUT2D eigenvalue weighted by Crippen LogP contribution is 2.21. The lowest BCUT2D eigenvalue weighted by molar-refractivity contribution is -0.137. The molecule has 6 heteroatoms. The van der Waals surface area contributed by atoms with Gasteiger partial charge in [-0.15, -0.1) is 25.0 Å². The van der Waals surface area contributed by atoms with Gasteiger partial charge in [0.2, 0.25) is 0 Å². The second-order valence-electron chi connectivity index (χ2n) is 3.08. The number of thiol groups is 1. The van der Waals surface area contributed by atoms with Gasteiger partial charge < -0.3 is 5.11 Å². The van der Waals surface area contributed by atoms with Gasteiger partial charge in [0, 0.05) is 12.6 Å². The predicted molar refractivity (Wildman–Crippen MR) is 65.1 cm³/mol. The van der Waals surface area contributed by atoms with E-state index in [0.29, 0.717) is 5.69 Å². The first kappa shape index (κ1) is 14.9. The third-order valence-electron chi connectivity index (χ3n) is 1.99. The highest BCUT2D eigenvalue weighted by Gasteiger charge is 2.19. The van der Waals surface area contributed by atoms with Gasteiger partial charge in [-0.25, -0.2) is 0 Å². The molecule has 4 nitrogen and oxygen atoms in total. The molecule has 0 saturated carbocycles. The van der Waals surface area contributed by atoms with Gasteiger partial charge in [0.05, 0.1) is 11.6 Å². The van der Waals surface area contributed by atoms with Crippen LogP contribution in [0.15, 0.2) is 24.4 Å². The maximum atomic E-state index is 11.2. The Labute approximate surface area is 105 Å². The van der Waals surface area contributed by atoms with Crippen LogP contribution in [0, 0.1) is 0 Å². The molecule has 1 unspecified atom stereocenters. The number of hydrogen-bond donors (Lipinski definition) is 2. The van der Waals surface area contributed by atoms with Crippen LogP contribution in [0.2, 0.25) is 0 Å². The second-order valence-corrected chi connectivity index (χ2v) is 3.52. The van der Waals surface area contributed by atoms with Crippen molar-refractivity contribution >= 4 is 36.1 Å². The summed E-state index contributed by atoms with van der Waals surface area (Å²) >= 11 is 3.74. The summed E-state index contributed by atoms with van der Waals surface area (Å²) in [4.78, 5) is 25.6. The van der Waals surface area contributed by atoms with E-state index in [-0.39, 0.29) is 30.4 Å². The van der Waals surface area contributed by atoms with Crippen LogP contribution in [0.3, 0.4) is 0 Å². The van der Waals surface area contributed by atoms with Crippen LogP contribution < -0.4 is 0 Å². The fourth-order valence-corrected chi connectivity index (χ4v) is 1.51. The number of halogens is 1. The van der Waals surface area contributed by atoms with Crippen LogP contribution in [0.4, 0.5) is 0 Å². The lowest BCUT2D eigenvalue weighted by atomic mass is 10.0. The Kier molecular flexibility index (Phi) is 6.76. The maximum Gasteiger partial charge on any atom is 0.303 e. The number of rotatable bonds is 5. The minimum atomic E-state index is -0.925. The number of carboxylic acid groups (broad SMARTS) is 1. The van der Waals surface area contributed by atoms with E-state index in [1.165, 1.54) is 0 Å². The van der Waals surface area contributed by atoms with Crippen LogP contribution >= 0.6 is 25.0 Å². The van der Waals surface area contributed by atoms with E-state index in [4.69, 9.17) is 5.11 Å². The van der Waals surface area contributed by atoms with Crippen LogP contribution in [0.5, 0.6) is 0 Å². The van der Waals surface area contributed by atoms with E-state index in [2.05, 4.69) is 17.6 Å². The van der Waals surface area contributed by atoms with Crippen molar-refractivity contribution in [2.75, 3.05) is 0 Å². The van der Waals surface area contributed by atoms with Crippen LogP contribution in [-0.4, -0.2) is 21.2 Å². The van der Waals surface area contributed by atoms with Crippen molar-refractivity contribution in [3.05, 3.63) is 30.1 Å². The molecule has 1 atom stereocenters. The first-order chi connectivity index (χ1) is 7.11. The molecule has 1 rings (SSSR count). The molecule has 0 radical (unpaired) electrons. The maximum absolute atomic E-state index is 11.2. The zero-order chi connectivity index (χ0) is 11.3. The van der Waals surface area contributed by atoms with Crippen molar-refractivity contribution in [1.82, 2.24) is 4.98 Å². The molecule has 1 N–H and O–H groups in total. The van der Waals surface area contributed by atoms with Crippen molar-refractivity contribution in [3.8, 4) is 0 Å². The summed E-state index contributed by atoms with van der Waals surface area (Å²) in [5.41, 5.74) is 0.568. The molecular weight excluding hydrogens is 250 g/mol. The number of nitrogens with zero attached hydrogens (tertiary/aromatic N) is 1. The van der Waals surface area contributed by atoms with E-state index < -0.39 is 11.9 Å². The van der Waals surface area contributed by atoms with Crippen LogP contribution in [0.25, 0.3) is 0 Å². The van der Waals surface area contributed by atoms with Gasteiger partial charge in [0.1, 0.15) is 0 Å². The summed E-state index contributed by atoms with van der Waals surface area (Å²) in [6.45, 7) is 0. The monoisotopic (exact) mass is 261 g/mol. The Hall–Kier alpha value is -1.07. The van der Waals surface area contributed by atoms with E-state index >= 15 is 0 Å². The molecule has 0 aliphatic heterocycles. The van der Waals surface area contributed by atoms with E-state index in [9.17, 15) is 9.59 Å². The number of carboxylic acids is 1. The minimum Gasteiger partial charge on any atom is -0.481 e. The van der Waals surface area contributed by atoms with E-state index in [1.54, 1.807) is 24.4 Å². The van der Waals surface area contributed by atoms with Gasteiger partial charge in [-0.1, -0.05) is 6.07 Å². The third-order valence-corrected chi connectivity index (χ3v) is 2.30. The topological polar surface area (TPSA) is 67.3 Å². The average Bonchev–Trinajstić information content (AvgIpc) is 2.18. The third kappa shape index (κ3) is 4.63. The molecule has 0 fully saturated rings. The van der Waals surface area contributed by atoms with Crippen LogP contribution in [-0.2, 0) is 9.59 Å². The van der Waals surface area contributed by atoms with Crippen molar-refractivity contribution in [2.45, 2.75) is 18.8 Å². The molecule has 0 bridgehead atoms. The summed E-state index contributed by atoms with van der Waals surface area (Å²) in [6.07, 6.45) is 1.74. The molecular formula is C10H12ClNO3S. The zero-order valence-electron chi connectivity index (χ0n) is 8.37. The average molecular weight is 262 g/mol. The molecule has 0 amide bonds. The Morgan fingerprint density at radius 2 is 2.12 bits per heavy atom. The summed E-state index contributed by atoms with van der Waals surface area (Å²) in [5.74, 6) is -1.46. The summed E-state index contributed by atoms with van der Waals surface area (Å²) in [6, 6.07) is 5.19. The molecule has 16 heavy (non-hydrogen) atoms. The molecule has 0 spiro atoms. The molecule has 1 aromatic heterocycles. The molecule has 0 aliphatic carbocycles. The number of aliphatic carboxylic acids is 1. The summed E-state index contributed by atoms with van der Waals surface area (Å²) < 4.78 is 0. The minimum absolute atomic E-state index is 0. The number of carbonyl (C=O) groups is 2. The quantitative estimate of drug-likeness (QED) is 0.795. The molecule has 0 aliphatic rings. The van der Waals surface area contributed by atoms with Crippen molar-refractivity contribution in [3.63, 3.8) is 0 Å². The number of pyridine rings is 1. The fraction of sp³-hybridized carbons (Fsp3) is 0.300. The van der Waals surface area contributed by atoms with Crippen molar-refractivity contribution in [1.29, 1.82) is 0 Å². The number of hydrogen-bond acceptors (Lipinski definition) is 3. The molecule has 0 aromatic carbocycles. The van der Waals surface area contributed by atoms with E-state index in [1.807, 2.05) is 0 Å². The fourth-order valence-electron chi connectivity index (χ4n) is 1.25. The molecule has 1 aromatic rings. The van der Waals surface area contributed by atoms with Gasteiger partial charge >= 0.3 is 5.97 Å². The van der Waals surface area contributed by atoms with Gasteiger partial charge in [-0.3, -0.25) is 14.6 Å². The smallest absolute Gasteiger partial charge is 0.303 e. The molecule has 1 heterocycles. The lowest BCUT2D eigenvalue weighted by Gasteiger charge is -2.10. The first-order valence-electron chi connectivity index (χ1n) is 4.47. The Bertz CT molecular complexity index is 358. The molecule has 0 saturated heterocycles. The SMILES string of the molecule is Cl.O=C(O)CCC(C(=O)S)c1ccccn1. The highest BCUT2D eigenvalue weighted by atomic mass is 35.5. The first-order valence-corrected chi connectivity index (χ1v) is 4.91. The van der Waals surface area contributed by atoms with Crippen molar-refractivity contribution in [2.24, 2.45) is 0 Å². The normalized spacial score (nSPS) is 11.3. The zero-order valence-corrected chi connectivity index (χ0v) is 10.1. The van der Waals surface area contributed by atoms with Gasteiger partial charge in [0.25, 0.3) is 0 Å². The Morgan fingerprint density at radius 1 is 1.44 bits per heavy atom. The lowest BCUT2D eigenvalue weighted by Crippen LogP contribution is -2.10.